The Morgan fingerprint density at radius 1 is 1.07 bits per heavy atom. The van der Waals surface area contributed by atoms with Gasteiger partial charge in [0.25, 0.3) is 0 Å². The Bertz CT molecular complexity index is 774. The van der Waals surface area contributed by atoms with E-state index >= 15 is 0 Å². The standard InChI is InChI=1S/C22H27ClN2O2/c1-4-17-8-10-18(11-9-17)12-13-21(26)25(16(2)22(27)24-3)15-19-6-5-7-20(23)14-19/h5-11,14,16H,4,12-13,15H2,1-3H3,(H,24,27). The van der Waals surface area contributed by atoms with Crippen LogP contribution in [0.25, 0.3) is 0 Å². The molecule has 0 saturated carbocycles. The number of carbonyl (C=O) groups is 2. The molecule has 0 aliphatic rings. The molecule has 0 aliphatic heterocycles. The van der Waals surface area contributed by atoms with Crippen LogP contribution >= 0.6 is 11.6 Å². The van der Waals surface area contributed by atoms with E-state index in [0.717, 1.165) is 17.5 Å². The highest BCUT2D eigenvalue weighted by Gasteiger charge is 2.25. The summed E-state index contributed by atoms with van der Waals surface area (Å²) in [4.78, 5) is 26.6. The van der Waals surface area contributed by atoms with Gasteiger partial charge in [0.15, 0.2) is 0 Å². The number of aryl methyl sites for hydroxylation is 2. The van der Waals surface area contributed by atoms with Gasteiger partial charge in [0, 0.05) is 25.0 Å². The molecule has 1 N–H and O–H groups in total. The second-order valence-corrected chi connectivity index (χ2v) is 7.05. The molecule has 2 amide bonds. The molecule has 1 unspecified atom stereocenters. The number of likely N-dealkylation sites (N-methyl/N-ethyl adjacent to an activating group) is 1. The molecule has 2 aromatic carbocycles. The van der Waals surface area contributed by atoms with Crippen molar-refractivity contribution in [2.75, 3.05) is 7.05 Å². The van der Waals surface area contributed by atoms with Gasteiger partial charge in [0.1, 0.15) is 6.04 Å². The Morgan fingerprint density at radius 2 is 1.74 bits per heavy atom. The van der Waals surface area contributed by atoms with Gasteiger partial charge in [-0.25, -0.2) is 0 Å². The van der Waals surface area contributed by atoms with Crippen LogP contribution < -0.4 is 5.32 Å². The Kier molecular flexibility index (Phi) is 7.86. The van der Waals surface area contributed by atoms with Crippen molar-refractivity contribution in [3.8, 4) is 0 Å². The van der Waals surface area contributed by atoms with Gasteiger partial charge in [-0.15, -0.1) is 0 Å². The highest BCUT2D eigenvalue weighted by Crippen LogP contribution is 2.16. The fourth-order valence-corrected chi connectivity index (χ4v) is 3.17. The summed E-state index contributed by atoms with van der Waals surface area (Å²) in [5.41, 5.74) is 3.30. The van der Waals surface area contributed by atoms with Crippen LogP contribution in [0.4, 0.5) is 0 Å². The Labute approximate surface area is 166 Å². The van der Waals surface area contributed by atoms with Crippen LogP contribution in [0.3, 0.4) is 0 Å². The lowest BCUT2D eigenvalue weighted by Gasteiger charge is -2.28. The van der Waals surface area contributed by atoms with Gasteiger partial charge in [0.2, 0.25) is 11.8 Å². The van der Waals surface area contributed by atoms with Crippen LogP contribution in [0.2, 0.25) is 5.02 Å². The monoisotopic (exact) mass is 386 g/mol. The molecule has 0 saturated heterocycles. The SMILES string of the molecule is CCc1ccc(CCC(=O)N(Cc2cccc(Cl)c2)C(C)C(=O)NC)cc1. The predicted molar refractivity (Wildman–Crippen MR) is 110 cm³/mol. The summed E-state index contributed by atoms with van der Waals surface area (Å²) in [6.45, 7) is 4.21. The summed E-state index contributed by atoms with van der Waals surface area (Å²) in [7, 11) is 1.58. The molecule has 0 spiro atoms. The van der Waals surface area contributed by atoms with Gasteiger partial charge in [-0.2, -0.15) is 0 Å². The number of nitrogens with zero attached hydrogens (tertiary/aromatic N) is 1. The number of benzene rings is 2. The quantitative estimate of drug-likeness (QED) is 0.745. The first kappa shape index (κ1) is 21.0. The van der Waals surface area contributed by atoms with Crippen molar-refractivity contribution in [2.45, 2.75) is 45.7 Å². The van der Waals surface area contributed by atoms with E-state index in [1.54, 1.807) is 24.9 Å². The Hall–Kier alpha value is -2.33. The van der Waals surface area contributed by atoms with Crippen molar-refractivity contribution < 1.29 is 9.59 Å². The van der Waals surface area contributed by atoms with E-state index in [1.165, 1.54) is 5.56 Å². The third-order valence-corrected chi connectivity index (χ3v) is 4.95. The fraction of sp³-hybridized carbons (Fsp3) is 0.364. The first-order valence-electron chi connectivity index (χ1n) is 9.28. The first-order chi connectivity index (χ1) is 12.9. The van der Waals surface area contributed by atoms with Crippen molar-refractivity contribution in [2.24, 2.45) is 0 Å². The largest absolute Gasteiger partial charge is 0.357 e. The Balaban J connectivity index is 2.10. The fourth-order valence-electron chi connectivity index (χ4n) is 2.96. The smallest absolute Gasteiger partial charge is 0.242 e. The molecule has 0 aliphatic carbocycles. The van der Waals surface area contributed by atoms with Crippen molar-refractivity contribution in [1.29, 1.82) is 0 Å². The van der Waals surface area contributed by atoms with Gasteiger partial charge in [-0.05, 0) is 48.6 Å². The number of nitrogens with one attached hydrogen (secondary N) is 1. The van der Waals surface area contributed by atoms with Gasteiger partial charge in [-0.1, -0.05) is 54.9 Å². The van der Waals surface area contributed by atoms with E-state index < -0.39 is 6.04 Å². The zero-order valence-corrected chi connectivity index (χ0v) is 16.9. The van der Waals surface area contributed by atoms with Gasteiger partial charge in [-0.3, -0.25) is 9.59 Å². The first-order valence-corrected chi connectivity index (χ1v) is 9.65. The molecule has 0 fully saturated rings. The van der Waals surface area contributed by atoms with Crippen molar-refractivity contribution in [3.63, 3.8) is 0 Å². The lowest BCUT2D eigenvalue weighted by Crippen LogP contribution is -2.46. The molecular formula is C22H27ClN2O2. The van der Waals surface area contributed by atoms with Crippen LogP contribution in [0.15, 0.2) is 48.5 Å². The van der Waals surface area contributed by atoms with E-state index in [9.17, 15) is 9.59 Å². The molecule has 2 aromatic rings. The molecule has 1 atom stereocenters. The van der Waals surface area contributed by atoms with Crippen LogP contribution in [0, 0.1) is 0 Å². The summed E-state index contributed by atoms with van der Waals surface area (Å²) in [6.07, 6.45) is 2.00. The lowest BCUT2D eigenvalue weighted by molar-refractivity contribution is -0.140. The van der Waals surface area contributed by atoms with E-state index in [0.29, 0.717) is 24.4 Å². The maximum absolute atomic E-state index is 12.9. The topological polar surface area (TPSA) is 49.4 Å². The molecule has 2 rings (SSSR count). The summed E-state index contributed by atoms with van der Waals surface area (Å²) in [5, 5.41) is 3.24. The summed E-state index contributed by atoms with van der Waals surface area (Å²) in [6, 6.07) is 15.1. The van der Waals surface area contributed by atoms with Crippen molar-refractivity contribution >= 4 is 23.4 Å². The molecular weight excluding hydrogens is 360 g/mol. The minimum atomic E-state index is -0.552. The second-order valence-electron chi connectivity index (χ2n) is 6.61. The Morgan fingerprint density at radius 3 is 2.33 bits per heavy atom. The molecule has 5 heteroatoms. The van der Waals surface area contributed by atoms with Crippen LogP contribution in [-0.2, 0) is 29.0 Å². The minimum absolute atomic E-state index is 0.0503. The molecule has 27 heavy (non-hydrogen) atoms. The van der Waals surface area contributed by atoms with Gasteiger partial charge < -0.3 is 10.2 Å². The molecule has 0 aromatic heterocycles. The maximum atomic E-state index is 12.9. The third-order valence-electron chi connectivity index (χ3n) is 4.71. The molecule has 4 nitrogen and oxygen atoms in total. The summed E-state index contributed by atoms with van der Waals surface area (Å²) in [5.74, 6) is -0.233. The molecule has 0 bridgehead atoms. The summed E-state index contributed by atoms with van der Waals surface area (Å²) >= 11 is 6.06. The lowest BCUT2D eigenvalue weighted by atomic mass is 10.0. The number of rotatable bonds is 8. The predicted octanol–water partition coefficient (Wildman–Crippen LogP) is 4.00. The number of halogens is 1. The molecule has 0 heterocycles. The van der Waals surface area contributed by atoms with Gasteiger partial charge >= 0.3 is 0 Å². The zero-order chi connectivity index (χ0) is 19.8. The molecule has 144 valence electrons. The minimum Gasteiger partial charge on any atom is -0.357 e. The number of amides is 2. The average molecular weight is 387 g/mol. The van der Waals surface area contributed by atoms with Gasteiger partial charge in [0.05, 0.1) is 0 Å². The number of hydrogen-bond acceptors (Lipinski definition) is 2. The highest BCUT2D eigenvalue weighted by atomic mass is 35.5. The maximum Gasteiger partial charge on any atom is 0.242 e. The zero-order valence-electron chi connectivity index (χ0n) is 16.2. The average Bonchev–Trinajstić information content (AvgIpc) is 2.69. The van der Waals surface area contributed by atoms with E-state index in [4.69, 9.17) is 11.6 Å². The van der Waals surface area contributed by atoms with Crippen LogP contribution in [-0.4, -0.2) is 29.8 Å². The van der Waals surface area contributed by atoms with Crippen molar-refractivity contribution in [1.82, 2.24) is 10.2 Å². The third kappa shape index (κ3) is 6.10. The highest BCUT2D eigenvalue weighted by molar-refractivity contribution is 6.30. The van der Waals surface area contributed by atoms with Crippen LogP contribution in [0.1, 0.15) is 37.0 Å². The normalized spacial score (nSPS) is 11.7. The van der Waals surface area contributed by atoms with E-state index in [-0.39, 0.29) is 11.8 Å². The van der Waals surface area contributed by atoms with Crippen LogP contribution in [0.5, 0.6) is 0 Å². The summed E-state index contributed by atoms with van der Waals surface area (Å²) < 4.78 is 0. The number of carbonyl (C=O) groups excluding carboxylic acids is 2. The molecule has 0 radical (unpaired) electrons. The second kappa shape index (κ2) is 10.1. The van der Waals surface area contributed by atoms with Crippen molar-refractivity contribution in [3.05, 3.63) is 70.2 Å². The van der Waals surface area contributed by atoms with E-state index in [2.05, 4.69) is 36.5 Å². The number of hydrogen-bond donors (Lipinski definition) is 1. The van der Waals surface area contributed by atoms with E-state index in [1.807, 2.05) is 18.2 Å².